The molecule has 1 N–H and O–H groups in total. The van der Waals surface area contributed by atoms with Crippen LogP contribution in [0.5, 0.6) is 0 Å². The summed E-state index contributed by atoms with van der Waals surface area (Å²) in [5.74, 6) is -0.305. The van der Waals surface area contributed by atoms with Crippen molar-refractivity contribution >= 4 is 5.97 Å². The monoisotopic (exact) mass is 198 g/mol. The van der Waals surface area contributed by atoms with Crippen LogP contribution in [0.25, 0.3) is 0 Å². The molecule has 3 heteroatoms. The average molecular weight is 198 g/mol. The van der Waals surface area contributed by atoms with Gasteiger partial charge in [0, 0.05) is 0 Å². The molecule has 1 aliphatic rings. The Morgan fingerprint density at radius 2 is 2.14 bits per heavy atom. The number of hydrogen-bond acceptors (Lipinski definition) is 3. The van der Waals surface area contributed by atoms with Crippen molar-refractivity contribution in [3.05, 3.63) is 12.2 Å². The van der Waals surface area contributed by atoms with Crippen molar-refractivity contribution in [3.8, 4) is 0 Å². The van der Waals surface area contributed by atoms with Gasteiger partial charge in [0.1, 0.15) is 0 Å². The highest BCUT2D eigenvalue weighted by Crippen LogP contribution is 2.47. The standard InChI is InChI=1S/C11H18O3/c1-7(2)8-5-6-9(12)11(8,3)10(13)14-4/h8-9,12H,1,5-6H2,2-4H3/t8-,9+,11-/m0/s1. The number of methoxy groups -OCH3 is 1. The molecule has 0 unspecified atom stereocenters. The molecule has 1 saturated carbocycles. The number of carbonyl (C=O) groups excluding carboxylic acids is 1. The van der Waals surface area contributed by atoms with Crippen LogP contribution < -0.4 is 0 Å². The highest BCUT2D eigenvalue weighted by Gasteiger charge is 2.52. The van der Waals surface area contributed by atoms with Crippen LogP contribution in [0.1, 0.15) is 26.7 Å². The first-order valence-corrected chi connectivity index (χ1v) is 4.86. The van der Waals surface area contributed by atoms with E-state index in [1.165, 1.54) is 7.11 Å². The van der Waals surface area contributed by atoms with Gasteiger partial charge in [0.2, 0.25) is 0 Å². The summed E-state index contributed by atoms with van der Waals surface area (Å²) < 4.78 is 4.75. The highest BCUT2D eigenvalue weighted by atomic mass is 16.5. The minimum Gasteiger partial charge on any atom is -0.469 e. The van der Waals surface area contributed by atoms with Crippen LogP contribution in [0.15, 0.2) is 12.2 Å². The van der Waals surface area contributed by atoms with Crippen LogP contribution in [0.4, 0.5) is 0 Å². The summed E-state index contributed by atoms with van der Waals surface area (Å²) in [6.07, 6.45) is 0.835. The molecular formula is C11H18O3. The smallest absolute Gasteiger partial charge is 0.314 e. The zero-order chi connectivity index (χ0) is 10.9. The third-order valence-corrected chi connectivity index (χ3v) is 3.36. The maximum atomic E-state index is 11.6. The van der Waals surface area contributed by atoms with E-state index in [1.54, 1.807) is 6.92 Å². The molecule has 1 aliphatic carbocycles. The van der Waals surface area contributed by atoms with E-state index in [2.05, 4.69) is 6.58 Å². The van der Waals surface area contributed by atoms with Gasteiger partial charge in [-0.3, -0.25) is 4.79 Å². The van der Waals surface area contributed by atoms with E-state index in [0.717, 1.165) is 12.0 Å². The van der Waals surface area contributed by atoms with Crippen LogP contribution in [0.2, 0.25) is 0 Å². The Hall–Kier alpha value is -0.830. The van der Waals surface area contributed by atoms with Gasteiger partial charge in [0.25, 0.3) is 0 Å². The number of allylic oxidation sites excluding steroid dienone is 1. The molecule has 1 rings (SSSR count). The van der Waals surface area contributed by atoms with Crippen molar-refractivity contribution in [2.75, 3.05) is 7.11 Å². The number of aliphatic hydroxyl groups is 1. The molecule has 0 amide bonds. The van der Waals surface area contributed by atoms with Gasteiger partial charge < -0.3 is 9.84 Å². The first-order valence-electron chi connectivity index (χ1n) is 4.86. The molecule has 3 atom stereocenters. The van der Waals surface area contributed by atoms with Gasteiger partial charge in [-0.25, -0.2) is 0 Å². The predicted octanol–water partition coefficient (Wildman–Crippen LogP) is 1.51. The first-order chi connectivity index (χ1) is 6.44. The number of esters is 1. The molecular weight excluding hydrogens is 180 g/mol. The zero-order valence-corrected chi connectivity index (χ0v) is 9.04. The highest BCUT2D eigenvalue weighted by molar-refractivity contribution is 5.78. The van der Waals surface area contributed by atoms with Crippen molar-refractivity contribution in [2.24, 2.45) is 11.3 Å². The third-order valence-electron chi connectivity index (χ3n) is 3.36. The average Bonchev–Trinajstić information content (AvgIpc) is 2.43. The molecule has 80 valence electrons. The molecule has 0 spiro atoms. The van der Waals surface area contributed by atoms with E-state index in [-0.39, 0.29) is 11.9 Å². The van der Waals surface area contributed by atoms with Crippen LogP contribution in [-0.2, 0) is 9.53 Å². The summed E-state index contributed by atoms with van der Waals surface area (Å²) in [6.45, 7) is 7.52. The lowest BCUT2D eigenvalue weighted by molar-refractivity contribution is -0.159. The zero-order valence-electron chi connectivity index (χ0n) is 9.04. The summed E-state index contributed by atoms with van der Waals surface area (Å²) in [5, 5.41) is 9.83. The van der Waals surface area contributed by atoms with Gasteiger partial charge in [-0.2, -0.15) is 0 Å². The summed E-state index contributed by atoms with van der Waals surface area (Å²) in [4.78, 5) is 11.6. The number of aliphatic hydroxyl groups excluding tert-OH is 1. The van der Waals surface area contributed by atoms with Gasteiger partial charge >= 0.3 is 5.97 Å². The Kier molecular flexibility index (Phi) is 3.00. The predicted molar refractivity (Wildman–Crippen MR) is 53.7 cm³/mol. The van der Waals surface area contributed by atoms with Gasteiger partial charge in [-0.05, 0) is 32.6 Å². The Balaban J connectivity index is 3.00. The number of rotatable bonds is 2. The maximum Gasteiger partial charge on any atom is 0.314 e. The van der Waals surface area contributed by atoms with Crippen molar-refractivity contribution < 1.29 is 14.6 Å². The maximum absolute atomic E-state index is 11.6. The molecule has 0 aliphatic heterocycles. The summed E-state index contributed by atoms with van der Waals surface area (Å²) >= 11 is 0. The van der Waals surface area contributed by atoms with Gasteiger partial charge in [-0.1, -0.05) is 12.2 Å². The number of ether oxygens (including phenoxy) is 1. The van der Waals surface area contributed by atoms with E-state index in [1.807, 2.05) is 6.92 Å². The van der Waals surface area contributed by atoms with Crippen LogP contribution in [0.3, 0.4) is 0 Å². The lowest BCUT2D eigenvalue weighted by atomic mass is 9.75. The van der Waals surface area contributed by atoms with Crippen molar-refractivity contribution in [1.82, 2.24) is 0 Å². The van der Waals surface area contributed by atoms with Crippen molar-refractivity contribution in [1.29, 1.82) is 0 Å². The third kappa shape index (κ3) is 1.46. The van der Waals surface area contributed by atoms with Crippen molar-refractivity contribution in [3.63, 3.8) is 0 Å². The van der Waals surface area contributed by atoms with Crippen LogP contribution >= 0.6 is 0 Å². The van der Waals surface area contributed by atoms with Gasteiger partial charge in [-0.15, -0.1) is 0 Å². The minimum absolute atomic E-state index is 0.0324. The summed E-state index contributed by atoms with van der Waals surface area (Å²) in [7, 11) is 1.36. The number of hydrogen-bond donors (Lipinski definition) is 1. The van der Waals surface area contributed by atoms with E-state index in [0.29, 0.717) is 6.42 Å². The normalized spacial score (nSPS) is 36.9. The summed E-state index contributed by atoms with van der Waals surface area (Å²) in [6, 6.07) is 0. The molecule has 0 saturated heterocycles. The van der Waals surface area contributed by atoms with Crippen LogP contribution in [-0.4, -0.2) is 24.3 Å². The molecule has 0 radical (unpaired) electrons. The van der Waals surface area contributed by atoms with E-state index in [9.17, 15) is 9.90 Å². The SMILES string of the molecule is C=C(C)[C@@H]1CC[C@@H](O)[C@@]1(C)C(=O)OC. The largest absolute Gasteiger partial charge is 0.469 e. The molecule has 0 aromatic rings. The van der Waals surface area contributed by atoms with Gasteiger partial charge in [0.15, 0.2) is 0 Å². The molecule has 0 bridgehead atoms. The Morgan fingerprint density at radius 1 is 1.57 bits per heavy atom. The molecule has 0 aromatic heterocycles. The Morgan fingerprint density at radius 3 is 2.57 bits per heavy atom. The van der Waals surface area contributed by atoms with E-state index in [4.69, 9.17) is 4.74 Å². The molecule has 14 heavy (non-hydrogen) atoms. The fourth-order valence-electron chi connectivity index (χ4n) is 2.41. The van der Waals surface area contributed by atoms with E-state index >= 15 is 0 Å². The summed E-state index contributed by atoms with van der Waals surface area (Å²) in [5.41, 5.74) is 0.134. The minimum atomic E-state index is -0.805. The first kappa shape index (κ1) is 11.2. The fourth-order valence-corrected chi connectivity index (χ4v) is 2.41. The second-order valence-electron chi connectivity index (χ2n) is 4.27. The molecule has 0 heterocycles. The Labute approximate surface area is 84.8 Å². The quantitative estimate of drug-likeness (QED) is 0.540. The topological polar surface area (TPSA) is 46.5 Å². The number of carbonyl (C=O) groups is 1. The lowest BCUT2D eigenvalue weighted by Crippen LogP contribution is -2.41. The van der Waals surface area contributed by atoms with Gasteiger partial charge in [0.05, 0.1) is 18.6 Å². The van der Waals surface area contributed by atoms with E-state index < -0.39 is 11.5 Å². The fraction of sp³-hybridized carbons (Fsp3) is 0.727. The second-order valence-corrected chi connectivity index (χ2v) is 4.27. The Bertz CT molecular complexity index is 259. The second kappa shape index (κ2) is 3.73. The molecule has 1 fully saturated rings. The molecule has 0 aromatic carbocycles. The molecule has 3 nitrogen and oxygen atoms in total. The van der Waals surface area contributed by atoms with Crippen molar-refractivity contribution in [2.45, 2.75) is 32.8 Å². The van der Waals surface area contributed by atoms with Crippen LogP contribution in [0, 0.1) is 11.3 Å². The lowest BCUT2D eigenvalue weighted by Gasteiger charge is -2.31.